The summed E-state index contributed by atoms with van der Waals surface area (Å²) in [7, 11) is 0. The lowest BCUT2D eigenvalue weighted by atomic mass is 10.1. The van der Waals surface area contributed by atoms with E-state index in [0.29, 0.717) is 5.56 Å². The molecule has 1 aliphatic carbocycles. The predicted molar refractivity (Wildman–Crippen MR) is 60.3 cm³/mol. The molecule has 0 aromatic carbocycles. The summed E-state index contributed by atoms with van der Waals surface area (Å²) in [5.74, 6) is -0.0206. The van der Waals surface area contributed by atoms with E-state index in [-0.39, 0.29) is 23.2 Å². The van der Waals surface area contributed by atoms with Crippen molar-refractivity contribution >= 4 is 5.84 Å². The molecule has 5 nitrogen and oxygen atoms in total. The highest BCUT2D eigenvalue weighted by Gasteiger charge is 2.32. The van der Waals surface area contributed by atoms with Gasteiger partial charge in [-0.05, 0) is 18.8 Å². The molecular weight excluding hydrogens is 263 g/mol. The molecule has 0 amide bonds. The second kappa shape index (κ2) is 4.94. The number of ether oxygens (including phenoxy) is 1. The number of nitrogens with zero attached hydrogens (tertiary/aromatic N) is 2. The van der Waals surface area contributed by atoms with Crippen molar-refractivity contribution in [2.75, 3.05) is 6.61 Å². The lowest BCUT2D eigenvalue weighted by molar-refractivity contribution is -0.153. The van der Waals surface area contributed by atoms with E-state index in [4.69, 9.17) is 15.7 Å². The van der Waals surface area contributed by atoms with Crippen LogP contribution >= 0.6 is 0 Å². The minimum absolute atomic E-state index is 0.0732. The zero-order valence-electron chi connectivity index (χ0n) is 9.81. The second-order valence-corrected chi connectivity index (χ2v) is 4.27. The molecule has 1 heterocycles. The first-order chi connectivity index (χ1) is 8.90. The van der Waals surface area contributed by atoms with Gasteiger partial charge >= 0.3 is 6.18 Å². The fourth-order valence-corrected chi connectivity index (χ4v) is 1.62. The topological polar surface area (TPSA) is 80.7 Å². The number of hydrogen-bond acceptors (Lipinski definition) is 4. The number of alkyl halides is 3. The van der Waals surface area contributed by atoms with Crippen LogP contribution in [0.1, 0.15) is 30.0 Å². The van der Waals surface area contributed by atoms with Crippen LogP contribution < -0.4 is 10.5 Å². The molecule has 0 aliphatic heterocycles. The average Bonchev–Trinajstić information content (AvgIpc) is 3.18. The fourth-order valence-electron chi connectivity index (χ4n) is 1.62. The maximum Gasteiger partial charge on any atom is 0.422 e. The molecule has 3 N–H and O–H groups in total. The Morgan fingerprint density at radius 1 is 1.53 bits per heavy atom. The number of rotatable bonds is 4. The molecule has 1 aromatic rings. The van der Waals surface area contributed by atoms with Gasteiger partial charge in [0.2, 0.25) is 0 Å². The van der Waals surface area contributed by atoms with Crippen LogP contribution in [0.3, 0.4) is 0 Å². The van der Waals surface area contributed by atoms with Crippen LogP contribution in [0.5, 0.6) is 5.75 Å². The standard InChI is InChI=1S/C11H12F3N3O2/c12-11(13,14)5-19-9-3-8(10(15)17-18)16-4-7(9)6-1-2-6/h3-4,6,18H,1-2,5H2,(H2,15,17). The number of nitrogens with two attached hydrogens (primary N) is 1. The number of oxime groups is 1. The van der Waals surface area contributed by atoms with Crippen molar-refractivity contribution in [3.05, 3.63) is 23.5 Å². The van der Waals surface area contributed by atoms with Gasteiger partial charge in [0.25, 0.3) is 0 Å². The zero-order valence-corrected chi connectivity index (χ0v) is 9.81. The third kappa shape index (κ3) is 3.49. The van der Waals surface area contributed by atoms with Crippen LogP contribution in [0.4, 0.5) is 13.2 Å². The quantitative estimate of drug-likeness (QED) is 0.381. The smallest absolute Gasteiger partial charge is 0.422 e. The van der Waals surface area contributed by atoms with Gasteiger partial charge in [0.1, 0.15) is 11.4 Å². The molecule has 0 bridgehead atoms. The number of pyridine rings is 1. The minimum Gasteiger partial charge on any atom is -0.484 e. The molecule has 0 radical (unpaired) electrons. The Morgan fingerprint density at radius 2 is 2.21 bits per heavy atom. The molecule has 0 unspecified atom stereocenters. The first-order valence-electron chi connectivity index (χ1n) is 5.58. The number of halogens is 3. The highest BCUT2D eigenvalue weighted by molar-refractivity contribution is 5.95. The van der Waals surface area contributed by atoms with Gasteiger partial charge < -0.3 is 15.7 Å². The van der Waals surface area contributed by atoms with Crippen LogP contribution in [-0.2, 0) is 0 Å². The van der Waals surface area contributed by atoms with Gasteiger partial charge in [-0.25, -0.2) is 0 Å². The lowest BCUT2D eigenvalue weighted by Crippen LogP contribution is -2.21. The first kappa shape index (κ1) is 13.4. The summed E-state index contributed by atoms with van der Waals surface area (Å²) in [5.41, 5.74) is 6.04. The first-order valence-corrected chi connectivity index (χ1v) is 5.58. The Hall–Kier alpha value is -1.99. The fraction of sp³-hybridized carbons (Fsp3) is 0.455. The molecule has 0 atom stereocenters. The van der Waals surface area contributed by atoms with Crippen molar-refractivity contribution in [2.24, 2.45) is 10.9 Å². The van der Waals surface area contributed by atoms with E-state index in [1.165, 1.54) is 12.3 Å². The van der Waals surface area contributed by atoms with Gasteiger partial charge in [-0.1, -0.05) is 5.16 Å². The molecule has 2 rings (SSSR count). The van der Waals surface area contributed by atoms with Gasteiger partial charge in [-0.2, -0.15) is 13.2 Å². The summed E-state index contributed by atoms with van der Waals surface area (Å²) in [6.45, 7) is -1.38. The third-order valence-corrected chi connectivity index (χ3v) is 2.67. The molecule has 0 saturated heterocycles. The molecule has 1 fully saturated rings. The minimum atomic E-state index is -4.42. The molecule has 19 heavy (non-hydrogen) atoms. The van der Waals surface area contributed by atoms with E-state index >= 15 is 0 Å². The molecule has 1 aromatic heterocycles. The van der Waals surface area contributed by atoms with Crippen molar-refractivity contribution in [2.45, 2.75) is 24.9 Å². The average molecular weight is 275 g/mol. The molecule has 1 saturated carbocycles. The van der Waals surface area contributed by atoms with Gasteiger partial charge in [0.15, 0.2) is 12.4 Å². The molecule has 1 aliphatic rings. The van der Waals surface area contributed by atoms with Crippen LogP contribution in [0.25, 0.3) is 0 Å². The van der Waals surface area contributed by atoms with E-state index in [1.54, 1.807) is 0 Å². The predicted octanol–water partition coefficient (Wildman–Crippen LogP) is 1.99. The van der Waals surface area contributed by atoms with E-state index in [0.717, 1.165) is 12.8 Å². The third-order valence-electron chi connectivity index (χ3n) is 2.67. The molecular formula is C11H12F3N3O2. The Labute approximate surface area is 106 Å². The Morgan fingerprint density at radius 3 is 2.74 bits per heavy atom. The maximum absolute atomic E-state index is 12.2. The Balaban J connectivity index is 2.26. The molecule has 104 valence electrons. The molecule has 8 heteroatoms. The highest BCUT2D eigenvalue weighted by atomic mass is 19.4. The SMILES string of the molecule is N/C(=N\O)c1cc(OCC(F)(F)F)c(C2CC2)cn1. The second-order valence-electron chi connectivity index (χ2n) is 4.27. The summed E-state index contributed by atoms with van der Waals surface area (Å²) in [6, 6.07) is 1.26. The zero-order chi connectivity index (χ0) is 14.0. The van der Waals surface area contributed by atoms with E-state index in [2.05, 4.69) is 10.1 Å². The van der Waals surface area contributed by atoms with E-state index in [1.807, 2.05) is 0 Å². The lowest BCUT2D eigenvalue weighted by Gasteiger charge is -2.13. The van der Waals surface area contributed by atoms with Gasteiger partial charge in [-0.3, -0.25) is 4.98 Å². The summed E-state index contributed by atoms with van der Waals surface area (Å²) in [6.07, 6.45) is -1.21. The van der Waals surface area contributed by atoms with Crippen molar-refractivity contribution in [3.8, 4) is 5.75 Å². The normalized spacial score (nSPS) is 16.5. The largest absolute Gasteiger partial charge is 0.484 e. The van der Waals surface area contributed by atoms with Crippen LogP contribution in [0.15, 0.2) is 17.4 Å². The summed E-state index contributed by atoms with van der Waals surface area (Å²) >= 11 is 0. The molecule has 0 spiro atoms. The number of aromatic nitrogens is 1. The number of hydrogen-bond donors (Lipinski definition) is 2. The van der Waals surface area contributed by atoms with Gasteiger partial charge in [0, 0.05) is 17.8 Å². The summed E-state index contributed by atoms with van der Waals surface area (Å²) in [4.78, 5) is 3.94. The maximum atomic E-state index is 12.2. The monoisotopic (exact) mass is 275 g/mol. The van der Waals surface area contributed by atoms with Crippen LogP contribution in [0.2, 0.25) is 0 Å². The van der Waals surface area contributed by atoms with Crippen LogP contribution in [0, 0.1) is 0 Å². The van der Waals surface area contributed by atoms with Crippen molar-refractivity contribution in [3.63, 3.8) is 0 Å². The number of amidine groups is 1. The summed E-state index contributed by atoms with van der Waals surface area (Å²) in [5, 5.41) is 11.3. The van der Waals surface area contributed by atoms with Crippen LogP contribution in [-0.4, -0.2) is 28.8 Å². The van der Waals surface area contributed by atoms with E-state index in [9.17, 15) is 13.2 Å². The Bertz CT molecular complexity index is 498. The van der Waals surface area contributed by atoms with Gasteiger partial charge in [-0.15, -0.1) is 0 Å². The van der Waals surface area contributed by atoms with Crippen molar-refractivity contribution < 1.29 is 23.1 Å². The summed E-state index contributed by atoms with van der Waals surface area (Å²) < 4.78 is 41.3. The van der Waals surface area contributed by atoms with E-state index < -0.39 is 12.8 Å². The van der Waals surface area contributed by atoms with Crippen molar-refractivity contribution in [1.82, 2.24) is 4.98 Å². The van der Waals surface area contributed by atoms with Gasteiger partial charge in [0.05, 0.1) is 0 Å². The highest BCUT2D eigenvalue weighted by Crippen LogP contribution is 2.44. The van der Waals surface area contributed by atoms with Crippen molar-refractivity contribution in [1.29, 1.82) is 0 Å². The Kier molecular flexibility index (Phi) is 3.50.